The topological polar surface area (TPSA) is 69.3 Å². The van der Waals surface area contributed by atoms with Crippen LogP contribution in [0, 0.1) is 11.5 Å². The van der Waals surface area contributed by atoms with E-state index in [0.717, 1.165) is 5.56 Å². The third kappa shape index (κ3) is 2.79. The van der Waals surface area contributed by atoms with Gasteiger partial charge in [0.25, 0.3) is 0 Å². The third-order valence-corrected chi connectivity index (χ3v) is 5.74. The maximum Gasteiger partial charge on any atom is 0.212 e. The molecule has 1 N–H and O–H groups in total. The second-order valence-corrected chi connectivity index (χ2v) is 9.23. The van der Waals surface area contributed by atoms with E-state index in [2.05, 4.69) is 9.35 Å². The first-order valence-corrected chi connectivity index (χ1v) is 7.81. The molecule has 0 fully saturated rings. The number of aromatic nitrogens is 1. The van der Waals surface area contributed by atoms with Crippen LogP contribution in [-0.2, 0) is 9.24 Å². The van der Waals surface area contributed by atoms with Gasteiger partial charge < -0.3 is 4.55 Å². The molecule has 0 aliphatic heterocycles. The van der Waals surface area contributed by atoms with Crippen molar-refractivity contribution in [1.29, 1.82) is 5.26 Å². The minimum Gasteiger partial charge on any atom is -0.341 e. The molecule has 0 saturated heterocycles. The van der Waals surface area contributed by atoms with Crippen molar-refractivity contribution in [3.05, 3.63) is 29.0 Å². The van der Waals surface area contributed by atoms with E-state index in [4.69, 9.17) is 16.9 Å². The number of nitriles is 1. The first-order valence-electron chi connectivity index (χ1n) is 4.60. The van der Waals surface area contributed by atoms with Crippen LogP contribution >= 0.6 is 11.6 Å². The number of hydrogen-bond acceptors (Lipinski definition) is 3. The van der Waals surface area contributed by atoms with Crippen molar-refractivity contribution in [2.24, 2.45) is 4.36 Å². The zero-order valence-electron chi connectivity index (χ0n) is 9.38. The Bertz CT molecular complexity index is 487. The van der Waals surface area contributed by atoms with Crippen LogP contribution in [0.1, 0.15) is 17.7 Å². The molecule has 0 aliphatic carbocycles. The lowest BCUT2D eigenvalue weighted by Crippen LogP contribution is -2.33. The predicted molar refractivity (Wildman–Crippen MR) is 67.5 cm³/mol. The molecular weight excluding hydrogens is 246 g/mol. The van der Waals surface area contributed by atoms with E-state index in [1.807, 2.05) is 6.92 Å². The number of pyridine rings is 1. The maximum absolute atomic E-state index is 10.4. The fraction of sp³-hybridized carbons (Fsp3) is 0.400. The van der Waals surface area contributed by atoms with Gasteiger partial charge in [-0.25, -0.2) is 4.98 Å². The highest BCUT2D eigenvalue weighted by Crippen LogP contribution is 2.36. The molecule has 1 aromatic heterocycles. The van der Waals surface area contributed by atoms with Gasteiger partial charge in [-0.2, -0.15) is 5.26 Å². The molecule has 1 heterocycles. The molecule has 1 unspecified atom stereocenters. The van der Waals surface area contributed by atoms with E-state index in [1.54, 1.807) is 37.0 Å². The van der Waals surface area contributed by atoms with Gasteiger partial charge in [0, 0.05) is 11.4 Å². The molecule has 88 valence electrons. The van der Waals surface area contributed by atoms with Crippen molar-refractivity contribution in [2.75, 3.05) is 12.5 Å². The number of halogens is 1. The molecule has 0 bridgehead atoms. The molecule has 1 aromatic rings. The zero-order valence-corrected chi connectivity index (χ0v) is 11.0. The molecule has 0 amide bonds. The van der Waals surface area contributed by atoms with Crippen molar-refractivity contribution in [3.8, 4) is 6.19 Å². The highest BCUT2D eigenvalue weighted by molar-refractivity contribution is 8.16. The maximum atomic E-state index is 10.4. The van der Waals surface area contributed by atoms with Crippen molar-refractivity contribution >= 4 is 20.8 Å². The van der Waals surface area contributed by atoms with E-state index in [9.17, 15) is 4.55 Å². The van der Waals surface area contributed by atoms with E-state index in [1.165, 1.54) is 0 Å². The molecule has 16 heavy (non-hydrogen) atoms. The zero-order chi connectivity index (χ0) is 12.4. The van der Waals surface area contributed by atoms with Gasteiger partial charge in [-0.1, -0.05) is 26.9 Å². The minimum absolute atomic E-state index is 0.263. The summed E-state index contributed by atoms with van der Waals surface area (Å²) in [5.74, 6) is 0. The molecule has 0 saturated carbocycles. The van der Waals surface area contributed by atoms with Crippen molar-refractivity contribution in [1.82, 2.24) is 4.98 Å². The molecule has 4 nitrogen and oxygen atoms in total. The van der Waals surface area contributed by atoms with E-state index in [-0.39, 0.29) is 5.25 Å². The molecule has 1 rings (SSSR count). The Kier molecular flexibility index (Phi) is 3.38. The highest BCUT2D eigenvalue weighted by atomic mass is 35.5. The lowest BCUT2D eigenvalue weighted by atomic mass is 10.2. The second kappa shape index (κ2) is 4.13. The van der Waals surface area contributed by atoms with Gasteiger partial charge in [0.2, 0.25) is 6.19 Å². The molecular formula is C10H14ClN3OS. The molecule has 1 atom stereocenters. The normalized spacial score (nSPS) is 15.6. The molecule has 0 spiro atoms. The number of rotatable bonds is 2. The SMILES string of the molecule is CC(c1ccc(Cl)nc1)S(C)(C)(O)=NC#N. The van der Waals surface area contributed by atoms with Crippen molar-refractivity contribution < 1.29 is 4.55 Å². The predicted octanol–water partition coefficient (Wildman–Crippen LogP) is 2.88. The summed E-state index contributed by atoms with van der Waals surface area (Å²) in [6.07, 6.45) is 6.50. The average Bonchev–Trinajstić information content (AvgIpc) is 2.17. The standard InChI is InChI=1S/C10H14ClN3OS/c1-8(16(2,3,15)14-7-12)9-4-5-10(11)13-6-9/h4-6,8H,1-3H3,(H,14,15). The van der Waals surface area contributed by atoms with Gasteiger partial charge in [0.1, 0.15) is 5.15 Å². The smallest absolute Gasteiger partial charge is 0.212 e. The van der Waals surface area contributed by atoms with Gasteiger partial charge in [-0.15, -0.1) is 4.36 Å². The van der Waals surface area contributed by atoms with Crippen LogP contribution in [0.25, 0.3) is 0 Å². The Labute approximate surface area is 100 Å². The van der Waals surface area contributed by atoms with Gasteiger partial charge in [-0.3, -0.25) is 0 Å². The summed E-state index contributed by atoms with van der Waals surface area (Å²) in [5, 5.41) is 8.76. The summed E-state index contributed by atoms with van der Waals surface area (Å²) in [4.78, 5) is 3.95. The summed E-state index contributed by atoms with van der Waals surface area (Å²) >= 11 is 5.69. The minimum atomic E-state index is -3.10. The monoisotopic (exact) mass is 259 g/mol. The first kappa shape index (κ1) is 13.1. The van der Waals surface area contributed by atoms with Gasteiger partial charge >= 0.3 is 0 Å². The van der Waals surface area contributed by atoms with Gasteiger partial charge in [0.15, 0.2) is 0 Å². The summed E-state index contributed by atoms with van der Waals surface area (Å²) in [6.45, 7) is 1.83. The summed E-state index contributed by atoms with van der Waals surface area (Å²) < 4.78 is 14.1. The third-order valence-electron chi connectivity index (χ3n) is 2.56. The van der Waals surface area contributed by atoms with E-state index in [0.29, 0.717) is 5.15 Å². The van der Waals surface area contributed by atoms with Crippen LogP contribution in [0.2, 0.25) is 5.15 Å². The molecule has 0 radical (unpaired) electrons. The lowest BCUT2D eigenvalue weighted by Gasteiger charge is -2.39. The van der Waals surface area contributed by atoms with Crippen LogP contribution in [0.15, 0.2) is 22.7 Å². The van der Waals surface area contributed by atoms with Crippen LogP contribution in [0.5, 0.6) is 0 Å². The Morgan fingerprint density at radius 1 is 1.56 bits per heavy atom. The Balaban J connectivity index is 3.23. The van der Waals surface area contributed by atoms with Crippen LogP contribution < -0.4 is 0 Å². The van der Waals surface area contributed by atoms with Gasteiger partial charge in [-0.05, 0) is 31.1 Å². The van der Waals surface area contributed by atoms with Crippen LogP contribution in [0.4, 0.5) is 0 Å². The summed E-state index contributed by atoms with van der Waals surface area (Å²) in [5.41, 5.74) is 0.818. The Hall–Kier alpha value is -0.960. The fourth-order valence-electron chi connectivity index (χ4n) is 1.22. The fourth-order valence-corrected chi connectivity index (χ4v) is 2.67. The average molecular weight is 260 g/mol. The van der Waals surface area contributed by atoms with E-state index < -0.39 is 9.24 Å². The van der Waals surface area contributed by atoms with Crippen molar-refractivity contribution in [2.45, 2.75) is 12.2 Å². The van der Waals surface area contributed by atoms with E-state index >= 15 is 0 Å². The molecule has 6 heteroatoms. The summed E-state index contributed by atoms with van der Waals surface area (Å²) in [6, 6.07) is 3.44. The number of hydrogen-bond donors (Lipinski definition) is 1. The van der Waals surface area contributed by atoms with Crippen LogP contribution in [0.3, 0.4) is 0 Å². The largest absolute Gasteiger partial charge is 0.341 e. The van der Waals surface area contributed by atoms with Gasteiger partial charge in [0.05, 0.1) is 0 Å². The highest BCUT2D eigenvalue weighted by Gasteiger charge is 2.29. The molecule has 0 aromatic carbocycles. The second-order valence-electron chi connectivity index (χ2n) is 4.15. The Morgan fingerprint density at radius 3 is 2.62 bits per heavy atom. The lowest BCUT2D eigenvalue weighted by molar-refractivity contribution is 0.603. The molecule has 0 aliphatic rings. The Morgan fingerprint density at radius 2 is 2.19 bits per heavy atom. The number of nitrogens with zero attached hydrogens (tertiary/aromatic N) is 3. The summed E-state index contributed by atoms with van der Waals surface area (Å²) in [7, 11) is -3.10. The first-order chi connectivity index (χ1) is 7.24. The van der Waals surface area contributed by atoms with Crippen LogP contribution in [-0.4, -0.2) is 22.0 Å². The van der Waals surface area contributed by atoms with Crippen molar-refractivity contribution in [3.63, 3.8) is 0 Å². The quantitative estimate of drug-likeness (QED) is 0.656.